The van der Waals surface area contributed by atoms with Gasteiger partial charge in [0.05, 0.1) is 0 Å². The number of rotatable bonds is 4. The average molecular weight is 298 g/mol. The van der Waals surface area contributed by atoms with Crippen LogP contribution in [0.1, 0.15) is 16.9 Å². The summed E-state index contributed by atoms with van der Waals surface area (Å²) in [5.74, 6) is 1.36. The lowest BCUT2D eigenvalue weighted by molar-refractivity contribution is 0.0775. The van der Waals surface area contributed by atoms with E-state index in [2.05, 4.69) is 4.98 Å². The fourth-order valence-corrected chi connectivity index (χ4v) is 2.54. The summed E-state index contributed by atoms with van der Waals surface area (Å²) in [4.78, 5) is 18.3. The van der Waals surface area contributed by atoms with Gasteiger partial charge >= 0.3 is 0 Å². The van der Waals surface area contributed by atoms with Crippen LogP contribution in [0.5, 0.6) is 11.5 Å². The van der Waals surface area contributed by atoms with E-state index in [1.807, 2.05) is 30.3 Å². The van der Waals surface area contributed by atoms with E-state index in [0.717, 1.165) is 6.42 Å². The molecule has 5 nitrogen and oxygen atoms in total. The lowest BCUT2D eigenvalue weighted by atomic mass is 10.1. The van der Waals surface area contributed by atoms with Crippen molar-refractivity contribution in [3.63, 3.8) is 0 Å². The largest absolute Gasteiger partial charge is 0.457 e. The summed E-state index contributed by atoms with van der Waals surface area (Å²) in [7, 11) is 0. The summed E-state index contributed by atoms with van der Waals surface area (Å²) in [6.07, 6.45) is 2.41. The molecule has 1 aliphatic rings. The van der Waals surface area contributed by atoms with Crippen molar-refractivity contribution in [1.82, 2.24) is 9.88 Å². The van der Waals surface area contributed by atoms with E-state index in [4.69, 9.17) is 4.74 Å². The molecule has 1 unspecified atom stereocenters. The van der Waals surface area contributed by atoms with Crippen molar-refractivity contribution in [3.8, 4) is 11.5 Å². The molecule has 1 N–H and O–H groups in total. The lowest BCUT2D eigenvalue weighted by Gasteiger charge is -2.16. The standard InChI is InChI=1S/C17H18N2O3/c20-12-13-7-9-19(11-13)17(21)16-10-15(6-8-18-16)22-14-4-2-1-3-5-14/h1-6,8,10,13,20H,7,9,11-12H2. The van der Waals surface area contributed by atoms with E-state index in [1.165, 1.54) is 0 Å². The number of carbonyl (C=O) groups is 1. The van der Waals surface area contributed by atoms with Crippen LogP contribution >= 0.6 is 0 Å². The molecule has 0 saturated carbocycles. The topological polar surface area (TPSA) is 62.7 Å². The fourth-order valence-electron chi connectivity index (χ4n) is 2.54. The molecule has 0 radical (unpaired) electrons. The van der Waals surface area contributed by atoms with Gasteiger partial charge in [-0.25, -0.2) is 0 Å². The van der Waals surface area contributed by atoms with Gasteiger partial charge < -0.3 is 14.7 Å². The van der Waals surface area contributed by atoms with Crippen LogP contribution in [0.15, 0.2) is 48.7 Å². The van der Waals surface area contributed by atoms with E-state index in [-0.39, 0.29) is 18.4 Å². The van der Waals surface area contributed by atoms with Crippen LogP contribution in [0.25, 0.3) is 0 Å². The summed E-state index contributed by atoms with van der Waals surface area (Å²) in [5.41, 5.74) is 0.368. The van der Waals surface area contributed by atoms with Gasteiger partial charge in [-0.05, 0) is 24.6 Å². The van der Waals surface area contributed by atoms with Gasteiger partial charge in [-0.1, -0.05) is 18.2 Å². The number of aromatic nitrogens is 1. The highest BCUT2D eigenvalue weighted by Crippen LogP contribution is 2.23. The maximum Gasteiger partial charge on any atom is 0.272 e. The van der Waals surface area contributed by atoms with Crippen LogP contribution < -0.4 is 4.74 Å². The number of pyridine rings is 1. The van der Waals surface area contributed by atoms with Crippen molar-refractivity contribution in [2.45, 2.75) is 6.42 Å². The summed E-state index contributed by atoms with van der Waals surface area (Å²) in [6.45, 7) is 1.37. The molecule has 1 amide bonds. The summed E-state index contributed by atoms with van der Waals surface area (Å²) >= 11 is 0. The Morgan fingerprint density at radius 3 is 2.82 bits per heavy atom. The Morgan fingerprint density at radius 1 is 1.27 bits per heavy atom. The molecule has 1 aromatic heterocycles. The third-order valence-electron chi connectivity index (χ3n) is 3.76. The molecule has 1 saturated heterocycles. The van der Waals surface area contributed by atoms with Gasteiger partial charge in [0, 0.05) is 37.9 Å². The molecule has 2 aromatic rings. The van der Waals surface area contributed by atoms with Gasteiger partial charge in [0.1, 0.15) is 17.2 Å². The first-order valence-electron chi connectivity index (χ1n) is 7.35. The highest BCUT2D eigenvalue weighted by Gasteiger charge is 2.27. The predicted molar refractivity (Wildman–Crippen MR) is 81.8 cm³/mol. The van der Waals surface area contributed by atoms with Crippen molar-refractivity contribution in [2.75, 3.05) is 19.7 Å². The smallest absolute Gasteiger partial charge is 0.272 e. The Morgan fingerprint density at radius 2 is 2.09 bits per heavy atom. The second kappa shape index (κ2) is 6.58. The highest BCUT2D eigenvalue weighted by molar-refractivity contribution is 5.92. The van der Waals surface area contributed by atoms with E-state index in [0.29, 0.717) is 30.3 Å². The van der Waals surface area contributed by atoms with Crippen LogP contribution in [0.3, 0.4) is 0 Å². The predicted octanol–water partition coefficient (Wildman–Crippen LogP) is 2.33. The molecule has 2 heterocycles. The normalized spacial score (nSPS) is 17.5. The number of likely N-dealkylation sites (tertiary alicyclic amines) is 1. The Kier molecular flexibility index (Phi) is 4.34. The average Bonchev–Trinajstić information content (AvgIpc) is 3.04. The molecule has 114 valence electrons. The van der Waals surface area contributed by atoms with Crippen LogP contribution in [-0.2, 0) is 0 Å². The van der Waals surface area contributed by atoms with Crippen molar-refractivity contribution in [1.29, 1.82) is 0 Å². The molecule has 1 aliphatic heterocycles. The zero-order valence-corrected chi connectivity index (χ0v) is 12.2. The highest BCUT2D eigenvalue weighted by atomic mass is 16.5. The number of hydrogen-bond donors (Lipinski definition) is 1. The van der Waals surface area contributed by atoms with E-state index in [9.17, 15) is 9.90 Å². The zero-order chi connectivity index (χ0) is 15.4. The van der Waals surface area contributed by atoms with Gasteiger partial charge in [-0.15, -0.1) is 0 Å². The number of nitrogens with zero attached hydrogens (tertiary/aromatic N) is 2. The number of hydrogen-bond acceptors (Lipinski definition) is 4. The SMILES string of the molecule is O=C(c1cc(Oc2ccccc2)ccn1)N1CCC(CO)C1. The van der Waals surface area contributed by atoms with Crippen molar-refractivity contribution in [2.24, 2.45) is 5.92 Å². The number of amides is 1. The molecular formula is C17H18N2O3. The molecule has 1 atom stereocenters. The molecule has 3 rings (SSSR count). The third-order valence-corrected chi connectivity index (χ3v) is 3.76. The van der Waals surface area contributed by atoms with Crippen LogP contribution in [0, 0.1) is 5.92 Å². The van der Waals surface area contributed by atoms with Gasteiger partial charge in [0.15, 0.2) is 0 Å². The summed E-state index contributed by atoms with van der Waals surface area (Å²) in [6, 6.07) is 12.8. The number of benzene rings is 1. The van der Waals surface area contributed by atoms with Crippen molar-refractivity contribution < 1.29 is 14.6 Å². The minimum Gasteiger partial charge on any atom is -0.457 e. The van der Waals surface area contributed by atoms with E-state index >= 15 is 0 Å². The summed E-state index contributed by atoms with van der Waals surface area (Å²) < 4.78 is 5.72. The number of aliphatic hydroxyl groups excluding tert-OH is 1. The second-order valence-electron chi connectivity index (χ2n) is 5.38. The van der Waals surface area contributed by atoms with Crippen molar-refractivity contribution in [3.05, 3.63) is 54.4 Å². The quantitative estimate of drug-likeness (QED) is 0.941. The number of carbonyl (C=O) groups excluding carboxylic acids is 1. The second-order valence-corrected chi connectivity index (χ2v) is 5.38. The van der Waals surface area contributed by atoms with Gasteiger partial charge in [-0.2, -0.15) is 0 Å². The molecule has 0 bridgehead atoms. The van der Waals surface area contributed by atoms with Crippen LogP contribution in [0.2, 0.25) is 0 Å². The number of aliphatic hydroxyl groups is 1. The molecule has 0 spiro atoms. The van der Waals surface area contributed by atoms with Gasteiger partial charge in [0.25, 0.3) is 5.91 Å². The Balaban J connectivity index is 1.72. The molecule has 1 fully saturated rings. The van der Waals surface area contributed by atoms with Gasteiger partial charge in [0.2, 0.25) is 0 Å². The monoisotopic (exact) mass is 298 g/mol. The number of para-hydroxylation sites is 1. The van der Waals surface area contributed by atoms with Crippen molar-refractivity contribution >= 4 is 5.91 Å². The summed E-state index contributed by atoms with van der Waals surface area (Å²) in [5, 5.41) is 9.17. The maximum atomic E-state index is 12.4. The molecular weight excluding hydrogens is 280 g/mol. The Bertz CT molecular complexity index is 645. The van der Waals surface area contributed by atoms with Gasteiger partial charge in [-0.3, -0.25) is 9.78 Å². The van der Waals surface area contributed by atoms with Crippen LogP contribution in [-0.4, -0.2) is 40.6 Å². The molecule has 5 heteroatoms. The molecule has 0 aliphatic carbocycles. The first kappa shape index (κ1) is 14.5. The Labute approximate surface area is 129 Å². The molecule has 1 aromatic carbocycles. The number of ether oxygens (including phenoxy) is 1. The maximum absolute atomic E-state index is 12.4. The first-order chi connectivity index (χ1) is 10.8. The molecule has 22 heavy (non-hydrogen) atoms. The van der Waals surface area contributed by atoms with Crippen LogP contribution in [0.4, 0.5) is 0 Å². The van der Waals surface area contributed by atoms with E-state index < -0.39 is 0 Å². The lowest BCUT2D eigenvalue weighted by Crippen LogP contribution is -2.29. The minimum atomic E-state index is -0.116. The Hall–Kier alpha value is -2.40. The van der Waals surface area contributed by atoms with E-state index in [1.54, 1.807) is 23.2 Å². The first-order valence-corrected chi connectivity index (χ1v) is 7.35. The minimum absolute atomic E-state index is 0.116. The third kappa shape index (κ3) is 3.26. The fraction of sp³-hybridized carbons (Fsp3) is 0.294. The zero-order valence-electron chi connectivity index (χ0n) is 12.2.